The molecule has 0 heterocycles. The Morgan fingerprint density at radius 1 is 1.17 bits per heavy atom. The maximum Gasteiger partial charge on any atom is 0.409 e. The Kier molecular flexibility index (Phi) is 4.56. The van der Waals surface area contributed by atoms with E-state index in [2.05, 4.69) is 15.9 Å². The van der Waals surface area contributed by atoms with Crippen LogP contribution in [0.4, 0.5) is 26.3 Å². The van der Waals surface area contributed by atoms with Crippen LogP contribution >= 0.6 is 15.9 Å². The fourth-order valence-corrected chi connectivity index (χ4v) is 2.10. The third-order valence-electron chi connectivity index (χ3n) is 2.52. The second kappa shape index (κ2) is 5.26. The maximum absolute atomic E-state index is 12.2. The van der Waals surface area contributed by atoms with Crippen LogP contribution in [0.2, 0.25) is 0 Å². The summed E-state index contributed by atoms with van der Waals surface area (Å²) in [6.45, 7) is -0.244. The third kappa shape index (κ3) is 4.33. The molecule has 2 nitrogen and oxygen atoms in total. The third-order valence-corrected chi connectivity index (χ3v) is 3.59. The molecule has 1 amide bonds. The van der Waals surface area contributed by atoms with Gasteiger partial charge in [-0.2, -0.15) is 26.3 Å². The van der Waals surface area contributed by atoms with Crippen molar-refractivity contribution in [2.45, 2.75) is 30.0 Å². The highest BCUT2D eigenvalue weighted by molar-refractivity contribution is 9.09. The van der Waals surface area contributed by atoms with Gasteiger partial charge in [-0.25, -0.2) is 0 Å². The summed E-state index contributed by atoms with van der Waals surface area (Å²) in [5, 5.41) is 1.69. The summed E-state index contributed by atoms with van der Waals surface area (Å²) in [7, 11) is 0. The monoisotopic (exact) mass is 341 g/mol. The molecule has 0 radical (unpaired) electrons. The standard InChI is InChI=1S/C9H10BrF6NO/c10-5(4-1-2-4)3-17-7(18)6(8(11,12)13)9(14,15)16/h4-6H,1-3H2,(H,17,18). The molecule has 106 valence electrons. The lowest BCUT2D eigenvalue weighted by Gasteiger charge is -2.22. The SMILES string of the molecule is O=C(NCC(Br)C1CC1)C(C(F)(F)F)C(F)(F)F. The van der Waals surface area contributed by atoms with Crippen molar-refractivity contribution >= 4 is 21.8 Å². The molecule has 1 unspecified atom stereocenters. The van der Waals surface area contributed by atoms with Crippen LogP contribution in [0, 0.1) is 11.8 Å². The highest BCUT2D eigenvalue weighted by Gasteiger charge is 2.61. The minimum absolute atomic E-state index is 0.209. The predicted molar refractivity (Wildman–Crippen MR) is 54.0 cm³/mol. The quantitative estimate of drug-likeness (QED) is 0.618. The van der Waals surface area contributed by atoms with Gasteiger partial charge in [0.15, 0.2) is 0 Å². The summed E-state index contributed by atoms with van der Waals surface area (Å²) >= 11 is 3.11. The van der Waals surface area contributed by atoms with Gasteiger partial charge in [0.25, 0.3) is 0 Å². The molecule has 9 heteroatoms. The van der Waals surface area contributed by atoms with Gasteiger partial charge in [-0.05, 0) is 18.8 Å². The number of hydrogen-bond donors (Lipinski definition) is 1. The molecule has 0 aromatic heterocycles. The Hall–Kier alpha value is -0.470. The van der Waals surface area contributed by atoms with Gasteiger partial charge in [0.1, 0.15) is 0 Å². The molecule has 0 aromatic carbocycles. The van der Waals surface area contributed by atoms with Gasteiger partial charge in [0.05, 0.1) is 0 Å². The highest BCUT2D eigenvalue weighted by Crippen LogP contribution is 2.40. The number of halogens is 7. The van der Waals surface area contributed by atoms with Crippen LogP contribution in [0.5, 0.6) is 0 Å². The first-order chi connectivity index (χ1) is 8.03. The summed E-state index contributed by atoms with van der Waals surface area (Å²) in [6, 6.07) is 0. The summed E-state index contributed by atoms with van der Waals surface area (Å²) in [6.07, 6.45) is -9.56. The molecule has 0 aliphatic heterocycles. The lowest BCUT2D eigenvalue weighted by atomic mass is 10.1. The van der Waals surface area contributed by atoms with Crippen LogP contribution in [0.25, 0.3) is 0 Å². The van der Waals surface area contributed by atoms with E-state index in [9.17, 15) is 31.1 Å². The van der Waals surface area contributed by atoms with Crippen molar-refractivity contribution in [3.63, 3.8) is 0 Å². The number of carbonyl (C=O) groups excluding carboxylic acids is 1. The summed E-state index contributed by atoms with van der Waals surface area (Å²) < 4.78 is 73.0. The van der Waals surface area contributed by atoms with Gasteiger partial charge >= 0.3 is 12.4 Å². The molecule has 1 N–H and O–H groups in total. The van der Waals surface area contributed by atoms with Crippen molar-refractivity contribution < 1.29 is 31.1 Å². The van der Waals surface area contributed by atoms with E-state index in [1.807, 2.05) is 0 Å². The Morgan fingerprint density at radius 3 is 1.94 bits per heavy atom. The molecule has 0 bridgehead atoms. The van der Waals surface area contributed by atoms with Crippen LogP contribution < -0.4 is 5.32 Å². The average Bonchev–Trinajstić information content (AvgIpc) is 2.91. The van der Waals surface area contributed by atoms with Gasteiger partial charge in [0, 0.05) is 11.4 Å². The van der Waals surface area contributed by atoms with E-state index in [1.165, 1.54) is 0 Å². The molecule has 1 saturated carbocycles. The lowest BCUT2D eigenvalue weighted by molar-refractivity contribution is -0.274. The van der Waals surface area contributed by atoms with E-state index in [1.54, 1.807) is 5.32 Å². The molecule has 1 aliphatic rings. The minimum atomic E-state index is -5.64. The molecule has 1 rings (SSSR count). The van der Waals surface area contributed by atoms with Crippen molar-refractivity contribution in [2.75, 3.05) is 6.54 Å². The first kappa shape index (κ1) is 15.6. The summed E-state index contributed by atoms with van der Waals surface area (Å²) in [5.41, 5.74) is 0. The molecular formula is C9H10BrF6NO. The Morgan fingerprint density at radius 2 is 1.61 bits per heavy atom. The zero-order chi connectivity index (χ0) is 14.1. The molecule has 1 atom stereocenters. The van der Waals surface area contributed by atoms with Crippen LogP contribution in [-0.2, 0) is 4.79 Å². The molecule has 1 aliphatic carbocycles. The topological polar surface area (TPSA) is 29.1 Å². The highest BCUT2D eigenvalue weighted by atomic mass is 79.9. The van der Waals surface area contributed by atoms with Crippen molar-refractivity contribution in [1.29, 1.82) is 0 Å². The van der Waals surface area contributed by atoms with Gasteiger partial charge in [-0.15, -0.1) is 0 Å². The Balaban J connectivity index is 2.59. The fourth-order valence-electron chi connectivity index (χ4n) is 1.41. The average molecular weight is 342 g/mol. The largest absolute Gasteiger partial charge is 0.409 e. The molecule has 0 saturated heterocycles. The zero-order valence-electron chi connectivity index (χ0n) is 8.91. The van der Waals surface area contributed by atoms with Crippen LogP contribution in [-0.4, -0.2) is 29.6 Å². The van der Waals surface area contributed by atoms with Gasteiger partial charge in [-0.1, -0.05) is 15.9 Å². The van der Waals surface area contributed by atoms with Crippen LogP contribution in [0.3, 0.4) is 0 Å². The number of amides is 1. The molecule has 18 heavy (non-hydrogen) atoms. The van der Waals surface area contributed by atoms with Crippen LogP contribution in [0.1, 0.15) is 12.8 Å². The minimum Gasteiger partial charge on any atom is -0.354 e. The lowest BCUT2D eigenvalue weighted by Crippen LogP contribution is -2.49. The zero-order valence-corrected chi connectivity index (χ0v) is 10.5. The van der Waals surface area contributed by atoms with Gasteiger partial charge < -0.3 is 5.32 Å². The van der Waals surface area contributed by atoms with E-state index < -0.39 is 24.2 Å². The predicted octanol–water partition coefficient (Wildman–Crippen LogP) is 3.02. The second-order valence-electron chi connectivity index (χ2n) is 4.11. The van der Waals surface area contributed by atoms with E-state index >= 15 is 0 Å². The Labute approximate surface area is 107 Å². The maximum atomic E-state index is 12.2. The number of alkyl halides is 7. The molecule has 1 fully saturated rings. The van der Waals surface area contributed by atoms with Crippen LogP contribution in [0.15, 0.2) is 0 Å². The van der Waals surface area contributed by atoms with E-state index in [4.69, 9.17) is 0 Å². The van der Waals surface area contributed by atoms with Crippen molar-refractivity contribution in [2.24, 2.45) is 11.8 Å². The van der Waals surface area contributed by atoms with Crippen molar-refractivity contribution in [3.8, 4) is 0 Å². The van der Waals surface area contributed by atoms with Gasteiger partial charge in [0.2, 0.25) is 11.8 Å². The molecular weight excluding hydrogens is 332 g/mol. The fraction of sp³-hybridized carbons (Fsp3) is 0.889. The Bertz CT molecular complexity index is 297. The normalized spacial score (nSPS) is 18.9. The van der Waals surface area contributed by atoms with Crippen molar-refractivity contribution in [1.82, 2.24) is 5.32 Å². The van der Waals surface area contributed by atoms with E-state index in [-0.39, 0.29) is 17.3 Å². The van der Waals surface area contributed by atoms with Gasteiger partial charge in [-0.3, -0.25) is 4.79 Å². The number of nitrogens with one attached hydrogen (secondary N) is 1. The smallest absolute Gasteiger partial charge is 0.354 e. The number of rotatable bonds is 4. The first-order valence-electron chi connectivity index (χ1n) is 5.08. The number of hydrogen-bond acceptors (Lipinski definition) is 1. The molecule has 0 spiro atoms. The van der Waals surface area contributed by atoms with Crippen molar-refractivity contribution in [3.05, 3.63) is 0 Å². The molecule has 0 aromatic rings. The van der Waals surface area contributed by atoms with E-state index in [0.29, 0.717) is 0 Å². The summed E-state index contributed by atoms with van der Waals surface area (Å²) in [4.78, 5) is 10.7. The van der Waals surface area contributed by atoms with E-state index in [0.717, 1.165) is 12.8 Å². The second-order valence-corrected chi connectivity index (χ2v) is 5.29. The first-order valence-corrected chi connectivity index (χ1v) is 6.00. The summed E-state index contributed by atoms with van der Waals surface area (Å²) in [5.74, 6) is -5.82. The number of carbonyl (C=O) groups is 1.